The molecular formula is C18H22N6O2. The summed E-state index contributed by atoms with van der Waals surface area (Å²) in [5.41, 5.74) is 3.81. The van der Waals surface area contributed by atoms with Gasteiger partial charge in [-0.25, -0.2) is 0 Å². The molecule has 0 N–H and O–H groups in total. The third-order valence-electron chi connectivity index (χ3n) is 4.99. The smallest absolute Gasteiger partial charge is 0.227 e. The van der Waals surface area contributed by atoms with Gasteiger partial charge in [-0.3, -0.25) is 4.79 Å². The van der Waals surface area contributed by atoms with E-state index < -0.39 is 0 Å². The normalized spacial score (nSPS) is 14.4. The second kappa shape index (κ2) is 7.12. The van der Waals surface area contributed by atoms with Crippen molar-refractivity contribution in [1.29, 1.82) is 5.26 Å². The standard InChI is InChI=1S/C18H22N6O2/c1-11-12(2)20-21-18(16(11)10-19)24-7-5-23(6-8-24)17(25)9-15-13(3)22-26-14(15)4/h5-9H2,1-4H3. The van der Waals surface area contributed by atoms with Crippen molar-refractivity contribution in [3.8, 4) is 6.07 Å². The number of aromatic nitrogens is 3. The Bertz CT molecular complexity index is 855. The minimum absolute atomic E-state index is 0.0609. The van der Waals surface area contributed by atoms with E-state index in [0.29, 0.717) is 49.7 Å². The second-order valence-corrected chi connectivity index (χ2v) is 6.57. The molecular weight excluding hydrogens is 332 g/mol. The number of aryl methyl sites for hydroxylation is 3. The number of rotatable bonds is 3. The van der Waals surface area contributed by atoms with Gasteiger partial charge >= 0.3 is 0 Å². The molecule has 26 heavy (non-hydrogen) atoms. The van der Waals surface area contributed by atoms with Gasteiger partial charge in [0.1, 0.15) is 17.4 Å². The minimum Gasteiger partial charge on any atom is -0.361 e. The largest absolute Gasteiger partial charge is 0.361 e. The van der Waals surface area contributed by atoms with Gasteiger partial charge in [-0.05, 0) is 33.3 Å². The number of nitrogens with zero attached hydrogens (tertiary/aromatic N) is 6. The lowest BCUT2D eigenvalue weighted by Gasteiger charge is -2.35. The Hall–Kier alpha value is -2.95. The van der Waals surface area contributed by atoms with Crippen molar-refractivity contribution in [3.63, 3.8) is 0 Å². The zero-order valence-electron chi connectivity index (χ0n) is 15.5. The topological polar surface area (TPSA) is 99.2 Å². The van der Waals surface area contributed by atoms with Gasteiger partial charge in [0.05, 0.1) is 17.8 Å². The fourth-order valence-corrected chi connectivity index (χ4v) is 3.14. The quantitative estimate of drug-likeness (QED) is 0.823. The molecule has 2 aromatic heterocycles. The summed E-state index contributed by atoms with van der Waals surface area (Å²) in [7, 11) is 0. The molecule has 0 bridgehead atoms. The lowest BCUT2D eigenvalue weighted by molar-refractivity contribution is -0.130. The zero-order valence-corrected chi connectivity index (χ0v) is 15.5. The van der Waals surface area contributed by atoms with E-state index >= 15 is 0 Å². The molecule has 0 aliphatic carbocycles. The van der Waals surface area contributed by atoms with Crippen LogP contribution in [-0.4, -0.2) is 52.3 Å². The van der Waals surface area contributed by atoms with Gasteiger partial charge in [0.25, 0.3) is 0 Å². The van der Waals surface area contributed by atoms with Gasteiger partial charge in [-0.15, -0.1) is 5.10 Å². The fourth-order valence-electron chi connectivity index (χ4n) is 3.14. The predicted molar refractivity (Wildman–Crippen MR) is 94.7 cm³/mol. The summed E-state index contributed by atoms with van der Waals surface area (Å²) in [6.07, 6.45) is 0.300. The first kappa shape index (κ1) is 17.9. The summed E-state index contributed by atoms with van der Waals surface area (Å²) in [6.45, 7) is 9.82. The highest BCUT2D eigenvalue weighted by Gasteiger charge is 2.26. The summed E-state index contributed by atoms with van der Waals surface area (Å²) in [6, 6.07) is 2.24. The van der Waals surface area contributed by atoms with Crippen LogP contribution in [0.5, 0.6) is 0 Å². The molecule has 1 amide bonds. The van der Waals surface area contributed by atoms with E-state index in [9.17, 15) is 10.1 Å². The number of carbonyl (C=O) groups excluding carboxylic acids is 1. The molecule has 136 valence electrons. The maximum Gasteiger partial charge on any atom is 0.227 e. The lowest BCUT2D eigenvalue weighted by atomic mass is 10.1. The SMILES string of the molecule is Cc1nnc(N2CCN(C(=O)Cc3c(C)noc3C)CC2)c(C#N)c1C. The van der Waals surface area contributed by atoms with Crippen LogP contribution in [0.3, 0.4) is 0 Å². The summed E-state index contributed by atoms with van der Waals surface area (Å²) < 4.78 is 5.13. The first-order valence-electron chi connectivity index (χ1n) is 8.60. The third-order valence-corrected chi connectivity index (χ3v) is 4.99. The maximum absolute atomic E-state index is 12.6. The minimum atomic E-state index is 0.0609. The summed E-state index contributed by atoms with van der Waals surface area (Å²) >= 11 is 0. The predicted octanol–water partition coefficient (Wildman–Crippen LogP) is 1.46. The molecule has 3 rings (SSSR count). The Morgan fingerprint density at radius 1 is 1.12 bits per heavy atom. The van der Waals surface area contributed by atoms with Crippen molar-refractivity contribution in [2.75, 3.05) is 31.1 Å². The molecule has 0 saturated carbocycles. The Morgan fingerprint density at radius 2 is 1.81 bits per heavy atom. The molecule has 1 fully saturated rings. The van der Waals surface area contributed by atoms with E-state index in [1.54, 1.807) is 0 Å². The average Bonchev–Trinajstić information content (AvgIpc) is 2.96. The molecule has 1 saturated heterocycles. The molecule has 0 unspecified atom stereocenters. The van der Waals surface area contributed by atoms with E-state index in [2.05, 4.69) is 21.4 Å². The second-order valence-electron chi connectivity index (χ2n) is 6.57. The highest BCUT2D eigenvalue weighted by molar-refractivity contribution is 5.79. The number of nitriles is 1. The first-order chi connectivity index (χ1) is 12.4. The van der Waals surface area contributed by atoms with E-state index in [0.717, 1.165) is 22.5 Å². The van der Waals surface area contributed by atoms with Gasteiger partial charge in [-0.2, -0.15) is 10.4 Å². The monoisotopic (exact) mass is 354 g/mol. The zero-order chi connectivity index (χ0) is 18.8. The molecule has 0 spiro atoms. The number of anilines is 1. The first-order valence-corrected chi connectivity index (χ1v) is 8.60. The number of amides is 1. The van der Waals surface area contributed by atoms with Crippen molar-refractivity contribution in [2.24, 2.45) is 0 Å². The Morgan fingerprint density at radius 3 is 2.38 bits per heavy atom. The van der Waals surface area contributed by atoms with Crippen molar-refractivity contribution in [2.45, 2.75) is 34.1 Å². The van der Waals surface area contributed by atoms with Crippen LogP contribution in [0.2, 0.25) is 0 Å². The van der Waals surface area contributed by atoms with Gasteiger partial charge in [0, 0.05) is 31.7 Å². The molecule has 0 radical (unpaired) electrons. The molecule has 0 atom stereocenters. The highest BCUT2D eigenvalue weighted by Crippen LogP contribution is 2.23. The van der Waals surface area contributed by atoms with Crippen LogP contribution < -0.4 is 4.90 Å². The molecule has 1 aliphatic heterocycles. The van der Waals surface area contributed by atoms with E-state index in [1.807, 2.05) is 37.5 Å². The summed E-state index contributed by atoms with van der Waals surface area (Å²) in [4.78, 5) is 16.5. The molecule has 0 aromatic carbocycles. The average molecular weight is 354 g/mol. The van der Waals surface area contributed by atoms with Crippen LogP contribution in [0.25, 0.3) is 0 Å². The van der Waals surface area contributed by atoms with Crippen LogP contribution in [0.1, 0.15) is 33.8 Å². The van der Waals surface area contributed by atoms with Gasteiger partial charge in [-0.1, -0.05) is 5.16 Å². The van der Waals surface area contributed by atoms with Crippen LogP contribution in [0.15, 0.2) is 4.52 Å². The number of carbonyl (C=O) groups is 1. The van der Waals surface area contributed by atoms with Gasteiger partial charge in [0.2, 0.25) is 5.91 Å². The van der Waals surface area contributed by atoms with Crippen LogP contribution in [0.4, 0.5) is 5.82 Å². The van der Waals surface area contributed by atoms with Gasteiger partial charge in [0.15, 0.2) is 5.82 Å². The van der Waals surface area contributed by atoms with E-state index in [1.165, 1.54) is 0 Å². The Kier molecular flexibility index (Phi) is 4.89. The van der Waals surface area contributed by atoms with E-state index in [4.69, 9.17) is 4.52 Å². The maximum atomic E-state index is 12.6. The lowest BCUT2D eigenvalue weighted by Crippen LogP contribution is -2.49. The van der Waals surface area contributed by atoms with Crippen LogP contribution in [0, 0.1) is 39.0 Å². The Labute approximate surface area is 152 Å². The van der Waals surface area contributed by atoms with Crippen molar-refractivity contribution >= 4 is 11.7 Å². The molecule has 8 nitrogen and oxygen atoms in total. The molecule has 3 heterocycles. The number of hydrogen-bond donors (Lipinski definition) is 0. The fraction of sp³-hybridized carbons (Fsp3) is 0.500. The number of hydrogen-bond acceptors (Lipinski definition) is 7. The van der Waals surface area contributed by atoms with Crippen LogP contribution in [-0.2, 0) is 11.2 Å². The van der Waals surface area contributed by atoms with Crippen molar-refractivity contribution in [1.82, 2.24) is 20.3 Å². The van der Waals surface area contributed by atoms with Crippen LogP contribution >= 0.6 is 0 Å². The number of piperazine rings is 1. The summed E-state index contributed by atoms with van der Waals surface area (Å²) in [5.74, 6) is 1.36. The van der Waals surface area contributed by atoms with Crippen molar-refractivity contribution < 1.29 is 9.32 Å². The highest BCUT2D eigenvalue weighted by atomic mass is 16.5. The summed E-state index contributed by atoms with van der Waals surface area (Å²) in [5, 5.41) is 21.7. The van der Waals surface area contributed by atoms with Crippen molar-refractivity contribution in [3.05, 3.63) is 33.8 Å². The Balaban J connectivity index is 1.67. The molecule has 8 heteroatoms. The third kappa shape index (κ3) is 3.25. The molecule has 1 aliphatic rings. The van der Waals surface area contributed by atoms with E-state index in [-0.39, 0.29) is 5.91 Å². The van der Waals surface area contributed by atoms with Gasteiger partial charge < -0.3 is 14.3 Å². The molecule has 2 aromatic rings.